The van der Waals surface area contributed by atoms with E-state index in [-0.39, 0.29) is 4.90 Å². The average Bonchev–Trinajstić information content (AvgIpc) is 2.01. The van der Waals surface area contributed by atoms with Crippen LogP contribution in [-0.4, -0.2) is 19.9 Å². The maximum Gasteiger partial charge on any atom is 0.252 e. The molecular weight excluding hydrogens is 224 g/mol. The summed E-state index contributed by atoms with van der Waals surface area (Å²) in [6.07, 6.45) is 1.12. The first kappa shape index (κ1) is 11.2. The van der Waals surface area contributed by atoms with E-state index in [4.69, 9.17) is 11.6 Å². The molecule has 0 aliphatic carbocycles. The van der Waals surface area contributed by atoms with E-state index in [0.717, 1.165) is 6.26 Å². The molecule has 1 aromatic carbocycles. The average molecular weight is 233 g/mol. The van der Waals surface area contributed by atoms with E-state index >= 15 is 0 Å². The standard InChI is InChI=1S/C9H9ClO3S/c1-6-5-7(14(2,12)13)3-4-8(6)9(10)11/h3-5H,1-2H3. The van der Waals surface area contributed by atoms with Gasteiger partial charge in [-0.1, -0.05) is 0 Å². The number of carbonyl (C=O) groups is 1. The molecule has 1 rings (SSSR count). The van der Waals surface area contributed by atoms with Crippen molar-refractivity contribution in [2.45, 2.75) is 11.8 Å². The zero-order chi connectivity index (χ0) is 10.9. The Hall–Kier alpha value is -0.870. The molecule has 1 aromatic rings. The second-order valence-corrected chi connectivity index (χ2v) is 5.38. The minimum Gasteiger partial charge on any atom is -0.276 e. The predicted octanol–water partition coefficient (Wildman–Crippen LogP) is 1.78. The van der Waals surface area contributed by atoms with Gasteiger partial charge in [-0.2, -0.15) is 0 Å². The van der Waals surface area contributed by atoms with Crippen LogP contribution in [0, 0.1) is 6.92 Å². The molecule has 0 fully saturated rings. The maximum atomic E-state index is 11.1. The Morgan fingerprint density at radius 2 is 1.93 bits per heavy atom. The fourth-order valence-corrected chi connectivity index (χ4v) is 2.01. The number of hydrogen-bond acceptors (Lipinski definition) is 3. The van der Waals surface area contributed by atoms with Crippen molar-refractivity contribution in [3.05, 3.63) is 29.3 Å². The highest BCUT2D eigenvalue weighted by Crippen LogP contribution is 2.16. The fraction of sp³-hybridized carbons (Fsp3) is 0.222. The van der Waals surface area contributed by atoms with Crippen LogP contribution in [0.15, 0.2) is 23.1 Å². The van der Waals surface area contributed by atoms with Gasteiger partial charge in [-0.25, -0.2) is 8.42 Å². The van der Waals surface area contributed by atoms with Crippen LogP contribution >= 0.6 is 11.6 Å². The molecule has 0 saturated heterocycles. The van der Waals surface area contributed by atoms with Crippen molar-refractivity contribution in [1.29, 1.82) is 0 Å². The Kier molecular flexibility index (Phi) is 2.97. The van der Waals surface area contributed by atoms with E-state index in [2.05, 4.69) is 0 Å². The van der Waals surface area contributed by atoms with Gasteiger partial charge in [-0.05, 0) is 42.3 Å². The summed E-state index contributed by atoms with van der Waals surface area (Å²) in [5.41, 5.74) is 0.895. The topological polar surface area (TPSA) is 51.2 Å². The van der Waals surface area contributed by atoms with E-state index in [1.54, 1.807) is 6.92 Å². The van der Waals surface area contributed by atoms with Gasteiger partial charge in [0, 0.05) is 11.8 Å². The highest BCUT2D eigenvalue weighted by atomic mass is 35.5. The molecular formula is C9H9ClO3S. The number of rotatable bonds is 2. The van der Waals surface area contributed by atoms with Crippen molar-refractivity contribution in [1.82, 2.24) is 0 Å². The molecule has 0 radical (unpaired) electrons. The summed E-state index contributed by atoms with van der Waals surface area (Å²) in [6, 6.07) is 4.23. The molecule has 0 aliphatic rings. The van der Waals surface area contributed by atoms with E-state index in [0.29, 0.717) is 11.1 Å². The highest BCUT2D eigenvalue weighted by Gasteiger charge is 2.11. The Morgan fingerprint density at radius 3 is 2.29 bits per heavy atom. The van der Waals surface area contributed by atoms with Gasteiger partial charge in [0.15, 0.2) is 9.84 Å². The predicted molar refractivity (Wildman–Crippen MR) is 54.5 cm³/mol. The molecule has 76 valence electrons. The van der Waals surface area contributed by atoms with Crippen LogP contribution in [0.1, 0.15) is 15.9 Å². The summed E-state index contributed by atoms with van der Waals surface area (Å²) < 4.78 is 22.3. The minimum absolute atomic E-state index is 0.191. The van der Waals surface area contributed by atoms with Crippen LogP contribution in [0.4, 0.5) is 0 Å². The zero-order valence-electron chi connectivity index (χ0n) is 7.74. The largest absolute Gasteiger partial charge is 0.276 e. The Bertz CT molecular complexity index is 477. The summed E-state index contributed by atoms with van der Waals surface area (Å²) in [5, 5.41) is -0.581. The quantitative estimate of drug-likeness (QED) is 0.731. The Balaban J connectivity index is 3.34. The minimum atomic E-state index is -3.22. The normalized spacial score (nSPS) is 11.4. The van der Waals surface area contributed by atoms with Gasteiger partial charge < -0.3 is 0 Å². The summed E-state index contributed by atoms with van der Waals surface area (Å²) in [7, 11) is -3.22. The summed E-state index contributed by atoms with van der Waals surface area (Å²) in [6.45, 7) is 1.64. The lowest BCUT2D eigenvalue weighted by Crippen LogP contribution is -2.00. The van der Waals surface area contributed by atoms with Crippen LogP contribution in [0.5, 0.6) is 0 Å². The number of halogens is 1. The second kappa shape index (κ2) is 3.71. The lowest BCUT2D eigenvalue weighted by atomic mass is 10.1. The van der Waals surface area contributed by atoms with Gasteiger partial charge in [-0.3, -0.25) is 4.79 Å². The third kappa shape index (κ3) is 2.33. The van der Waals surface area contributed by atoms with Gasteiger partial charge in [0.25, 0.3) is 5.24 Å². The third-order valence-corrected chi connectivity index (χ3v) is 3.15. The lowest BCUT2D eigenvalue weighted by molar-refractivity contribution is 0.108. The van der Waals surface area contributed by atoms with Gasteiger partial charge in [-0.15, -0.1) is 0 Å². The van der Waals surface area contributed by atoms with Crippen molar-refractivity contribution < 1.29 is 13.2 Å². The van der Waals surface area contributed by atoms with Crippen LogP contribution in [0.3, 0.4) is 0 Å². The molecule has 0 aromatic heterocycles. The summed E-state index contributed by atoms with van der Waals surface area (Å²) in [5.74, 6) is 0. The molecule has 3 nitrogen and oxygen atoms in total. The monoisotopic (exact) mass is 232 g/mol. The maximum absolute atomic E-state index is 11.1. The van der Waals surface area contributed by atoms with Crippen LogP contribution in [0.2, 0.25) is 0 Å². The summed E-state index contributed by atoms with van der Waals surface area (Å²) in [4.78, 5) is 11.0. The van der Waals surface area contributed by atoms with Crippen molar-refractivity contribution in [2.24, 2.45) is 0 Å². The van der Waals surface area contributed by atoms with E-state index in [1.807, 2.05) is 0 Å². The van der Waals surface area contributed by atoms with E-state index < -0.39 is 15.1 Å². The van der Waals surface area contributed by atoms with Crippen molar-refractivity contribution in [3.63, 3.8) is 0 Å². The van der Waals surface area contributed by atoms with Gasteiger partial charge in [0.1, 0.15) is 0 Å². The number of sulfone groups is 1. The number of benzene rings is 1. The molecule has 0 bridgehead atoms. The molecule has 0 unspecified atom stereocenters. The van der Waals surface area contributed by atoms with E-state index in [1.165, 1.54) is 18.2 Å². The van der Waals surface area contributed by atoms with E-state index in [9.17, 15) is 13.2 Å². The molecule has 0 atom stereocenters. The smallest absolute Gasteiger partial charge is 0.252 e. The molecule has 0 amide bonds. The first-order valence-corrected chi connectivity index (χ1v) is 6.10. The number of hydrogen-bond donors (Lipinski definition) is 0. The third-order valence-electron chi connectivity index (χ3n) is 1.84. The molecule has 0 heterocycles. The molecule has 5 heteroatoms. The van der Waals surface area contributed by atoms with Crippen LogP contribution in [0.25, 0.3) is 0 Å². The fourth-order valence-electron chi connectivity index (χ4n) is 1.09. The summed E-state index contributed by atoms with van der Waals surface area (Å²) >= 11 is 5.29. The number of aryl methyl sites for hydroxylation is 1. The number of carbonyl (C=O) groups excluding carboxylic acids is 1. The molecule has 0 saturated carbocycles. The van der Waals surface area contributed by atoms with Crippen molar-refractivity contribution >= 4 is 26.7 Å². The van der Waals surface area contributed by atoms with Crippen molar-refractivity contribution in [2.75, 3.05) is 6.26 Å². The van der Waals surface area contributed by atoms with Gasteiger partial charge in [0.2, 0.25) is 0 Å². The van der Waals surface area contributed by atoms with Crippen LogP contribution < -0.4 is 0 Å². The second-order valence-electron chi connectivity index (χ2n) is 3.02. The first-order valence-electron chi connectivity index (χ1n) is 3.83. The van der Waals surface area contributed by atoms with Gasteiger partial charge in [0.05, 0.1) is 4.90 Å². The Morgan fingerprint density at radius 1 is 1.36 bits per heavy atom. The lowest BCUT2D eigenvalue weighted by Gasteiger charge is -2.03. The van der Waals surface area contributed by atoms with Crippen molar-refractivity contribution in [3.8, 4) is 0 Å². The molecule has 0 spiro atoms. The van der Waals surface area contributed by atoms with Crippen LogP contribution in [-0.2, 0) is 9.84 Å². The highest BCUT2D eigenvalue weighted by molar-refractivity contribution is 7.90. The molecule has 14 heavy (non-hydrogen) atoms. The molecule has 0 aliphatic heterocycles. The van der Waals surface area contributed by atoms with Gasteiger partial charge >= 0.3 is 0 Å². The Labute approximate surface area is 87.6 Å². The molecule has 0 N–H and O–H groups in total. The first-order chi connectivity index (χ1) is 6.32. The SMILES string of the molecule is Cc1cc(S(C)(=O)=O)ccc1C(=O)Cl. The zero-order valence-corrected chi connectivity index (χ0v) is 9.32.